The van der Waals surface area contributed by atoms with Gasteiger partial charge in [-0.3, -0.25) is 15.1 Å². The maximum absolute atomic E-state index is 10.7. The predicted octanol–water partition coefficient (Wildman–Crippen LogP) is 0.257. The summed E-state index contributed by atoms with van der Waals surface area (Å²) in [6, 6.07) is 0.855. The molecule has 0 saturated heterocycles. The third-order valence-electron chi connectivity index (χ3n) is 1.84. The molecule has 4 N–H and O–H groups in total. The summed E-state index contributed by atoms with van der Waals surface area (Å²) >= 11 is 0. The van der Waals surface area contributed by atoms with Crippen molar-refractivity contribution in [1.29, 1.82) is 0 Å². The van der Waals surface area contributed by atoms with Crippen LogP contribution in [0.25, 0.3) is 0 Å². The summed E-state index contributed by atoms with van der Waals surface area (Å²) in [7, 11) is 0. The number of rotatable bonds is 3. The van der Waals surface area contributed by atoms with E-state index in [0.29, 0.717) is 0 Å². The molecule has 6 nitrogen and oxygen atoms in total. The van der Waals surface area contributed by atoms with E-state index >= 15 is 0 Å². The summed E-state index contributed by atoms with van der Waals surface area (Å²) in [5, 5.41) is 10.7. The molecule has 1 unspecified atom stereocenters. The predicted molar refractivity (Wildman–Crippen MR) is 51.6 cm³/mol. The first-order valence-corrected chi connectivity index (χ1v) is 4.13. The van der Waals surface area contributed by atoms with Crippen molar-refractivity contribution in [3.05, 3.63) is 33.6 Å². The summed E-state index contributed by atoms with van der Waals surface area (Å²) in [5.74, 6) is 0. The van der Waals surface area contributed by atoms with Gasteiger partial charge in [-0.15, -0.1) is 0 Å². The minimum atomic E-state index is -0.587. The van der Waals surface area contributed by atoms with Crippen molar-refractivity contribution in [2.45, 2.75) is 13.0 Å². The second-order valence-electron chi connectivity index (χ2n) is 3.02. The highest BCUT2D eigenvalue weighted by atomic mass is 16.6. The van der Waals surface area contributed by atoms with Crippen LogP contribution in [0.4, 0.5) is 5.69 Å². The molecule has 0 bridgehead atoms. The van der Waals surface area contributed by atoms with Crippen LogP contribution in [-0.4, -0.2) is 16.5 Å². The van der Waals surface area contributed by atoms with E-state index in [0.717, 1.165) is 5.56 Å². The zero-order valence-electron chi connectivity index (χ0n) is 7.80. The van der Waals surface area contributed by atoms with Gasteiger partial charge in [0.1, 0.15) is 5.69 Å². The lowest BCUT2D eigenvalue weighted by atomic mass is 10.1. The average molecular weight is 196 g/mol. The van der Waals surface area contributed by atoms with Gasteiger partial charge in [-0.05, 0) is 12.5 Å². The first kappa shape index (κ1) is 10.6. The number of aryl methyl sites for hydroxylation is 1. The Morgan fingerprint density at radius 1 is 1.71 bits per heavy atom. The van der Waals surface area contributed by atoms with E-state index in [-0.39, 0.29) is 17.9 Å². The van der Waals surface area contributed by atoms with Gasteiger partial charge >= 0.3 is 0 Å². The topological polar surface area (TPSA) is 108 Å². The first-order valence-electron chi connectivity index (χ1n) is 4.13. The zero-order valence-corrected chi connectivity index (χ0v) is 7.80. The van der Waals surface area contributed by atoms with Crippen LogP contribution >= 0.6 is 0 Å². The highest BCUT2D eigenvalue weighted by molar-refractivity contribution is 5.39. The van der Waals surface area contributed by atoms with Crippen molar-refractivity contribution in [3.8, 4) is 0 Å². The molecule has 0 radical (unpaired) electrons. The van der Waals surface area contributed by atoms with Gasteiger partial charge in [-0.25, -0.2) is 0 Å². The standard InChI is InChI=1S/C8H12N4O2/c1-5-2-7(12(13)14)8(11-4-5)6(10)3-9/h2,4,6H,3,9-10H2,1H3. The Bertz CT molecular complexity index is 353. The van der Waals surface area contributed by atoms with Crippen LogP contribution < -0.4 is 11.5 Å². The SMILES string of the molecule is Cc1cnc(C(N)CN)c([N+](=O)[O-])c1. The van der Waals surface area contributed by atoms with Gasteiger partial charge in [0.25, 0.3) is 5.69 Å². The van der Waals surface area contributed by atoms with Crippen LogP contribution in [0.5, 0.6) is 0 Å². The van der Waals surface area contributed by atoms with Crippen LogP contribution in [-0.2, 0) is 0 Å². The number of hydrogen-bond donors (Lipinski definition) is 2. The van der Waals surface area contributed by atoms with Crippen molar-refractivity contribution < 1.29 is 4.92 Å². The maximum Gasteiger partial charge on any atom is 0.292 e. The quantitative estimate of drug-likeness (QED) is 0.532. The van der Waals surface area contributed by atoms with Gasteiger partial charge < -0.3 is 11.5 Å². The molecule has 0 saturated carbocycles. The molecule has 0 aromatic carbocycles. The molecule has 1 aromatic heterocycles. The van der Waals surface area contributed by atoms with Crippen LogP contribution in [0, 0.1) is 17.0 Å². The molecule has 0 fully saturated rings. The lowest BCUT2D eigenvalue weighted by Gasteiger charge is -2.08. The second-order valence-corrected chi connectivity index (χ2v) is 3.02. The van der Waals surface area contributed by atoms with Gasteiger partial charge in [0.15, 0.2) is 0 Å². The lowest BCUT2D eigenvalue weighted by molar-refractivity contribution is -0.386. The van der Waals surface area contributed by atoms with E-state index in [4.69, 9.17) is 11.5 Å². The smallest absolute Gasteiger partial charge is 0.292 e. The molecule has 1 atom stereocenters. The van der Waals surface area contributed by atoms with E-state index in [2.05, 4.69) is 4.98 Å². The van der Waals surface area contributed by atoms with Crippen LogP contribution in [0.15, 0.2) is 12.3 Å². The monoisotopic (exact) mass is 196 g/mol. The largest absolute Gasteiger partial charge is 0.329 e. The summed E-state index contributed by atoms with van der Waals surface area (Å²) in [5.41, 5.74) is 11.8. The Balaban J connectivity index is 3.21. The number of hydrogen-bond acceptors (Lipinski definition) is 5. The molecule has 76 valence electrons. The van der Waals surface area contributed by atoms with Gasteiger partial charge in [-0.1, -0.05) is 0 Å². The third-order valence-corrected chi connectivity index (χ3v) is 1.84. The molecule has 1 heterocycles. The molecule has 14 heavy (non-hydrogen) atoms. The summed E-state index contributed by atoms with van der Waals surface area (Å²) in [6.07, 6.45) is 1.54. The van der Waals surface area contributed by atoms with E-state index in [9.17, 15) is 10.1 Å². The number of nitrogens with zero attached hydrogens (tertiary/aromatic N) is 2. The highest BCUT2D eigenvalue weighted by Crippen LogP contribution is 2.21. The summed E-state index contributed by atoms with van der Waals surface area (Å²) in [4.78, 5) is 14.1. The number of pyridine rings is 1. The highest BCUT2D eigenvalue weighted by Gasteiger charge is 2.19. The Hall–Kier alpha value is -1.53. The average Bonchev–Trinajstić information content (AvgIpc) is 2.16. The van der Waals surface area contributed by atoms with E-state index < -0.39 is 11.0 Å². The molecule has 0 aliphatic heterocycles. The Morgan fingerprint density at radius 2 is 2.36 bits per heavy atom. The number of aromatic nitrogens is 1. The molecule has 1 aromatic rings. The molecule has 0 aliphatic rings. The molecule has 1 rings (SSSR count). The molecule has 0 amide bonds. The number of nitrogens with two attached hydrogens (primary N) is 2. The van der Waals surface area contributed by atoms with Crippen molar-refractivity contribution in [2.75, 3.05) is 6.54 Å². The third kappa shape index (κ3) is 2.04. The Labute approximate surface area is 81.1 Å². The minimum absolute atomic E-state index is 0.0667. The molecule has 0 aliphatic carbocycles. The van der Waals surface area contributed by atoms with Crippen molar-refractivity contribution in [2.24, 2.45) is 11.5 Å². The summed E-state index contributed by atoms with van der Waals surface area (Å²) in [6.45, 7) is 1.87. The Morgan fingerprint density at radius 3 is 2.86 bits per heavy atom. The van der Waals surface area contributed by atoms with Crippen LogP contribution in [0.2, 0.25) is 0 Å². The van der Waals surface area contributed by atoms with Gasteiger partial charge in [0.2, 0.25) is 0 Å². The minimum Gasteiger partial charge on any atom is -0.329 e. The van der Waals surface area contributed by atoms with Crippen LogP contribution in [0.1, 0.15) is 17.3 Å². The molecule has 6 heteroatoms. The fourth-order valence-electron chi connectivity index (χ4n) is 1.11. The summed E-state index contributed by atoms with van der Waals surface area (Å²) < 4.78 is 0. The normalized spacial score (nSPS) is 12.5. The van der Waals surface area contributed by atoms with E-state index in [1.807, 2.05) is 0 Å². The number of nitro groups is 1. The molecular formula is C8H12N4O2. The molecule has 0 spiro atoms. The van der Waals surface area contributed by atoms with E-state index in [1.165, 1.54) is 12.3 Å². The fourth-order valence-corrected chi connectivity index (χ4v) is 1.11. The molecular weight excluding hydrogens is 184 g/mol. The lowest BCUT2D eigenvalue weighted by Crippen LogP contribution is -2.23. The zero-order chi connectivity index (χ0) is 10.7. The Kier molecular flexibility index (Phi) is 3.10. The first-order chi connectivity index (χ1) is 6.56. The van der Waals surface area contributed by atoms with Crippen LogP contribution in [0.3, 0.4) is 0 Å². The maximum atomic E-state index is 10.7. The van der Waals surface area contributed by atoms with Crippen molar-refractivity contribution in [1.82, 2.24) is 4.98 Å². The van der Waals surface area contributed by atoms with Gasteiger partial charge in [-0.2, -0.15) is 0 Å². The van der Waals surface area contributed by atoms with Crippen molar-refractivity contribution in [3.63, 3.8) is 0 Å². The van der Waals surface area contributed by atoms with Gasteiger partial charge in [0, 0.05) is 18.8 Å². The second kappa shape index (κ2) is 4.12. The van der Waals surface area contributed by atoms with E-state index in [1.54, 1.807) is 6.92 Å². The fraction of sp³-hybridized carbons (Fsp3) is 0.375. The van der Waals surface area contributed by atoms with Gasteiger partial charge in [0.05, 0.1) is 11.0 Å². The van der Waals surface area contributed by atoms with Crippen molar-refractivity contribution >= 4 is 5.69 Å².